The van der Waals surface area contributed by atoms with Gasteiger partial charge in [-0.05, 0) is 59.0 Å². The summed E-state index contributed by atoms with van der Waals surface area (Å²) in [6.07, 6.45) is 3.25. The van der Waals surface area contributed by atoms with Crippen LogP contribution in [0.4, 0.5) is 4.39 Å². The number of hydrogen-bond donors (Lipinski definition) is 0. The minimum atomic E-state index is -0.264. The predicted molar refractivity (Wildman–Crippen MR) is 61.5 cm³/mol. The van der Waals surface area contributed by atoms with E-state index in [1.54, 1.807) is 6.07 Å². The normalized spacial score (nSPS) is 20.7. The molecule has 1 fully saturated rings. The molecular formula is C12H12BrFO. The van der Waals surface area contributed by atoms with Crippen LogP contribution in [0.15, 0.2) is 34.8 Å². The van der Waals surface area contributed by atoms with E-state index >= 15 is 0 Å². The Morgan fingerprint density at radius 2 is 2.27 bits per heavy atom. The van der Waals surface area contributed by atoms with Gasteiger partial charge in [0.05, 0.1) is 4.47 Å². The van der Waals surface area contributed by atoms with Crippen molar-refractivity contribution < 1.29 is 9.13 Å². The minimum Gasteiger partial charge on any atom is -0.485 e. The van der Waals surface area contributed by atoms with Crippen molar-refractivity contribution >= 4 is 15.9 Å². The first kappa shape index (κ1) is 10.7. The minimum absolute atomic E-state index is 0.0896. The van der Waals surface area contributed by atoms with Gasteiger partial charge in [0, 0.05) is 0 Å². The molecule has 3 heteroatoms. The van der Waals surface area contributed by atoms with Gasteiger partial charge in [-0.2, -0.15) is 0 Å². The van der Waals surface area contributed by atoms with Crippen molar-refractivity contribution in [3.63, 3.8) is 0 Å². The van der Waals surface area contributed by atoms with Crippen LogP contribution in [0.25, 0.3) is 0 Å². The lowest BCUT2D eigenvalue weighted by molar-refractivity contribution is 0.242. The Morgan fingerprint density at radius 3 is 2.87 bits per heavy atom. The highest BCUT2D eigenvalue weighted by atomic mass is 79.9. The van der Waals surface area contributed by atoms with Crippen molar-refractivity contribution in [1.82, 2.24) is 0 Å². The third-order valence-electron chi connectivity index (χ3n) is 2.58. The molecule has 1 aliphatic rings. The number of rotatable bonds is 2. The topological polar surface area (TPSA) is 9.23 Å². The molecule has 1 unspecified atom stereocenters. The molecule has 0 aliphatic heterocycles. The van der Waals surface area contributed by atoms with Gasteiger partial charge in [-0.25, -0.2) is 4.39 Å². The van der Waals surface area contributed by atoms with E-state index in [-0.39, 0.29) is 11.9 Å². The summed E-state index contributed by atoms with van der Waals surface area (Å²) >= 11 is 3.28. The molecule has 0 spiro atoms. The van der Waals surface area contributed by atoms with E-state index in [9.17, 15) is 4.39 Å². The molecule has 0 bridgehead atoms. The maximum atomic E-state index is 12.8. The summed E-state index contributed by atoms with van der Waals surface area (Å²) in [4.78, 5) is 0. The van der Waals surface area contributed by atoms with Crippen molar-refractivity contribution in [2.75, 3.05) is 0 Å². The summed E-state index contributed by atoms with van der Waals surface area (Å²) in [5.41, 5.74) is 1.13. The summed E-state index contributed by atoms with van der Waals surface area (Å²) in [5, 5.41) is 0. The smallest absolute Gasteiger partial charge is 0.134 e. The first-order valence-electron chi connectivity index (χ1n) is 4.96. The van der Waals surface area contributed by atoms with Gasteiger partial charge < -0.3 is 4.74 Å². The highest BCUT2D eigenvalue weighted by Gasteiger charge is 2.21. The Morgan fingerprint density at radius 1 is 1.47 bits per heavy atom. The highest BCUT2D eigenvalue weighted by molar-refractivity contribution is 9.10. The van der Waals surface area contributed by atoms with E-state index in [1.807, 2.05) is 0 Å². The Balaban J connectivity index is 2.13. The maximum Gasteiger partial charge on any atom is 0.134 e. The molecular weight excluding hydrogens is 259 g/mol. The second-order valence-electron chi connectivity index (χ2n) is 3.73. The lowest BCUT2D eigenvalue weighted by Crippen LogP contribution is -2.13. The monoisotopic (exact) mass is 270 g/mol. The van der Waals surface area contributed by atoms with E-state index in [0.29, 0.717) is 10.2 Å². The molecule has 0 aromatic heterocycles. The first-order chi connectivity index (χ1) is 7.16. The molecule has 1 aromatic carbocycles. The Labute approximate surface area is 97.1 Å². The average Bonchev–Trinajstić information content (AvgIpc) is 2.57. The molecule has 1 aliphatic carbocycles. The molecule has 1 nitrogen and oxygen atoms in total. The van der Waals surface area contributed by atoms with E-state index in [4.69, 9.17) is 4.74 Å². The maximum absolute atomic E-state index is 12.8. The van der Waals surface area contributed by atoms with Crippen molar-refractivity contribution in [2.45, 2.75) is 25.4 Å². The fourth-order valence-corrected chi connectivity index (χ4v) is 2.19. The van der Waals surface area contributed by atoms with Crippen LogP contribution in [0.2, 0.25) is 0 Å². The van der Waals surface area contributed by atoms with Crippen LogP contribution in [0.3, 0.4) is 0 Å². The van der Waals surface area contributed by atoms with Crippen molar-refractivity contribution in [2.24, 2.45) is 0 Å². The summed E-state index contributed by atoms with van der Waals surface area (Å²) < 4.78 is 19.2. The Hall–Kier alpha value is -0.830. The zero-order valence-corrected chi connectivity index (χ0v) is 9.89. The summed E-state index contributed by atoms with van der Waals surface area (Å²) in [5.74, 6) is 0.420. The van der Waals surface area contributed by atoms with Crippen LogP contribution in [-0.4, -0.2) is 6.10 Å². The van der Waals surface area contributed by atoms with Crippen LogP contribution < -0.4 is 4.74 Å². The summed E-state index contributed by atoms with van der Waals surface area (Å²) in [6, 6.07) is 4.45. The van der Waals surface area contributed by atoms with Gasteiger partial charge in [-0.15, -0.1) is 0 Å². The number of hydrogen-bond acceptors (Lipinski definition) is 1. The van der Waals surface area contributed by atoms with E-state index in [0.717, 1.165) is 24.8 Å². The van der Waals surface area contributed by atoms with Crippen LogP contribution in [0.1, 0.15) is 19.3 Å². The lowest BCUT2D eigenvalue weighted by Gasteiger charge is -2.15. The van der Waals surface area contributed by atoms with Gasteiger partial charge in [0.2, 0.25) is 0 Å². The largest absolute Gasteiger partial charge is 0.485 e. The van der Waals surface area contributed by atoms with Gasteiger partial charge in [-0.3, -0.25) is 0 Å². The van der Waals surface area contributed by atoms with Gasteiger partial charge >= 0.3 is 0 Å². The predicted octanol–water partition coefficient (Wildman–Crippen LogP) is 4.08. The lowest BCUT2D eigenvalue weighted by atomic mass is 10.2. The number of ether oxygens (including phenoxy) is 1. The van der Waals surface area contributed by atoms with E-state index in [2.05, 4.69) is 22.5 Å². The Kier molecular flexibility index (Phi) is 3.10. The van der Waals surface area contributed by atoms with Crippen molar-refractivity contribution in [1.29, 1.82) is 0 Å². The average molecular weight is 271 g/mol. The molecule has 0 amide bonds. The molecule has 1 aromatic rings. The van der Waals surface area contributed by atoms with Crippen LogP contribution in [-0.2, 0) is 0 Å². The van der Waals surface area contributed by atoms with Crippen molar-refractivity contribution in [3.05, 3.63) is 40.6 Å². The van der Waals surface area contributed by atoms with Crippen LogP contribution >= 0.6 is 15.9 Å². The standard InChI is InChI=1S/C12H12BrFO/c1-8-3-2-4-11(8)15-12-6-5-9(14)7-10(12)13/h5-7,11H,1-4H2. The molecule has 0 heterocycles. The van der Waals surface area contributed by atoms with Gasteiger partial charge in [-0.1, -0.05) is 6.58 Å². The van der Waals surface area contributed by atoms with Crippen LogP contribution in [0, 0.1) is 5.82 Å². The second kappa shape index (κ2) is 4.35. The third kappa shape index (κ3) is 2.40. The molecule has 0 radical (unpaired) electrons. The second-order valence-corrected chi connectivity index (χ2v) is 4.59. The fraction of sp³-hybridized carbons (Fsp3) is 0.333. The number of benzene rings is 1. The molecule has 2 rings (SSSR count). The quantitative estimate of drug-likeness (QED) is 0.736. The van der Waals surface area contributed by atoms with Crippen molar-refractivity contribution in [3.8, 4) is 5.75 Å². The molecule has 15 heavy (non-hydrogen) atoms. The van der Waals surface area contributed by atoms with Gasteiger partial charge in [0.25, 0.3) is 0 Å². The number of halogens is 2. The van der Waals surface area contributed by atoms with E-state index in [1.165, 1.54) is 12.1 Å². The van der Waals surface area contributed by atoms with Gasteiger partial charge in [0.1, 0.15) is 17.7 Å². The molecule has 1 atom stereocenters. The summed E-state index contributed by atoms with van der Waals surface area (Å²) in [6.45, 7) is 3.96. The van der Waals surface area contributed by atoms with E-state index < -0.39 is 0 Å². The SMILES string of the molecule is C=C1CCCC1Oc1ccc(F)cc1Br. The molecule has 0 saturated heterocycles. The molecule has 1 saturated carbocycles. The zero-order chi connectivity index (χ0) is 10.8. The highest BCUT2D eigenvalue weighted by Crippen LogP contribution is 2.32. The summed E-state index contributed by atoms with van der Waals surface area (Å²) in [7, 11) is 0. The van der Waals surface area contributed by atoms with Crippen LogP contribution in [0.5, 0.6) is 5.75 Å². The molecule has 80 valence electrons. The fourth-order valence-electron chi connectivity index (χ4n) is 1.75. The van der Waals surface area contributed by atoms with Gasteiger partial charge in [0.15, 0.2) is 0 Å². The zero-order valence-electron chi connectivity index (χ0n) is 8.30. The first-order valence-corrected chi connectivity index (χ1v) is 5.75. The Bertz CT molecular complexity index is 389. The molecule has 0 N–H and O–H groups in total. The third-order valence-corrected chi connectivity index (χ3v) is 3.20.